The Morgan fingerprint density at radius 2 is 1.73 bits per heavy atom. The average molecular weight is 472 g/mol. The Bertz CT molecular complexity index is 989. The van der Waals surface area contributed by atoms with Gasteiger partial charge in [-0.2, -0.15) is 0 Å². The van der Waals surface area contributed by atoms with Crippen LogP contribution in [0.4, 0.5) is 5.69 Å². The van der Waals surface area contributed by atoms with Crippen LogP contribution in [0, 0.1) is 0 Å². The number of rotatable bonds is 13. The zero-order chi connectivity index (χ0) is 24.1. The number of aliphatic carboxylic acids is 1. The molecule has 0 aliphatic rings. The molecule has 0 saturated heterocycles. The molecule has 0 aliphatic carbocycles. The molecule has 0 spiro atoms. The summed E-state index contributed by atoms with van der Waals surface area (Å²) in [6.45, 7) is 0.445. The highest BCUT2D eigenvalue weighted by molar-refractivity contribution is 6.30. The molecule has 0 aromatic heterocycles. The predicted octanol–water partition coefficient (Wildman–Crippen LogP) is 4.77. The highest BCUT2D eigenvalue weighted by Gasteiger charge is 2.20. The Morgan fingerprint density at radius 3 is 2.36 bits per heavy atom. The summed E-state index contributed by atoms with van der Waals surface area (Å²) in [5, 5.41) is 18.8. The second-order valence-electron chi connectivity index (χ2n) is 7.43. The quantitative estimate of drug-likeness (QED) is 0.167. The van der Waals surface area contributed by atoms with Gasteiger partial charge in [-0.3, -0.25) is 9.59 Å². The number of hydrogen-bond acceptors (Lipinski definition) is 4. The first kappa shape index (κ1) is 25.7. The molecular weight excluding hydrogens is 446 g/mol. The number of unbranched alkanes of at least 4 members (excludes halogenated alkanes) is 1. The molecule has 0 radical (unpaired) electrons. The minimum absolute atomic E-state index is 0.0452. The van der Waals surface area contributed by atoms with Crippen molar-refractivity contribution >= 4 is 35.1 Å². The van der Waals surface area contributed by atoms with E-state index in [2.05, 4.69) is 20.7 Å². The lowest BCUT2D eigenvalue weighted by atomic mass is 10.1. The van der Waals surface area contributed by atoms with E-state index in [4.69, 9.17) is 17.1 Å². The van der Waals surface area contributed by atoms with E-state index in [0.29, 0.717) is 36.5 Å². The lowest BCUT2D eigenvalue weighted by Crippen LogP contribution is -2.40. The largest absolute Gasteiger partial charge is 0.480 e. The van der Waals surface area contributed by atoms with Crippen LogP contribution in [-0.2, 0) is 16.0 Å². The standard InChI is InChI=1S/C23H26ClN5O4/c24-18-11-7-16(8-12-18)4-3-6-21(30)26-15-2-1-5-20(23(32)33)27-22(31)17-9-13-19(14-10-17)28-29-25/h7-14,20H,1-6,15H2,(H,26,30)(H,27,31)(H,32,33)/t20-/m0/s1. The van der Waals surface area contributed by atoms with Crippen molar-refractivity contribution in [2.45, 2.75) is 44.6 Å². The summed E-state index contributed by atoms with van der Waals surface area (Å²) in [5.41, 5.74) is 10.2. The lowest BCUT2D eigenvalue weighted by molar-refractivity contribution is -0.139. The monoisotopic (exact) mass is 471 g/mol. The SMILES string of the molecule is [N-]=[N+]=Nc1ccc(C(=O)N[C@@H](CCCCNC(=O)CCCc2ccc(Cl)cc2)C(=O)O)cc1. The molecule has 0 aliphatic heterocycles. The van der Waals surface area contributed by atoms with Gasteiger partial charge in [0.25, 0.3) is 5.91 Å². The number of halogens is 1. The molecule has 1 atom stereocenters. The number of carbonyl (C=O) groups is 3. The molecule has 2 amide bonds. The van der Waals surface area contributed by atoms with E-state index in [0.717, 1.165) is 18.4 Å². The number of nitrogens with zero attached hydrogens (tertiary/aromatic N) is 3. The van der Waals surface area contributed by atoms with Gasteiger partial charge in [-0.1, -0.05) is 41.0 Å². The van der Waals surface area contributed by atoms with E-state index in [9.17, 15) is 19.5 Å². The van der Waals surface area contributed by atoms with Crippen LogP contribution in [0.25, 0.3) is 10.4 Å². The van der Waals surface area contributed by atoms with E-state index in [-0.39, 0.29) is 17.9 Å². The molecule has 174 valence electrons. The Morgan fingerprint density at radius 1 is 1.03 bits per heavy atom. The molecule has 0 heterocycles. The van der Waals surface area contributed by atoms with Crippen molar-refractivity contribution in [2.24, 2.45) is 5.11 Å². The molecule has 0 fully saturated rings. The minimum Gasteiger partial charge on any atom is -0.480 e. The van der Waals surface area contributed by atoms with Crippen LogP contribution in [0.1, 0.15) is 48.0 Å². The fourth-order valence-electron chi connectivity index (χ4n) is 3.12. The summed E-state index contributed by atoms with van der Waals surface area (Å²) < 4.78 is 0. The highest BCUT2D eigenvalue weighted by atomic mass is 35.5. The number of carboxylic acids is 1. The number of amides is 2. The normalized spacial score (nSPS) is 11.2. The molecule has 0 saturated carbocycles. The predicted molar refractivity (Wildman–Crippen MR) is 125 cm³/mol. The minimum atomic E-state index is -1.12. The summed E-state index contributed by atoms with van der Waals surface area (Å²) in [6.07, 6.45) is 3.30. The van der Waals surface area contributed by atoms with Gasteiger partial charge in [-0.05, 0) is 67.5 Å². The topological polar surface area (TPSA) is 144 Å². The summed E-state index contributed by atoms with van der Waals surface area (Å²) in [4.78, 5) is 38.4. The fourth-order valence-corrected chi connectivity index (χ4v) is 3.25. The van der Waals surface area contributed by atoms with E-state index in [1.54, 1.807) is 0 Å². The van der Waals surface area contributed by atoms with Crippen molar-refractivity contribution in [2.75, 3.05) is 6.54 Å². The molecule has 3 N–H and O–H groups in total. The van der Waals surface area contributed by atoms with Crippen molar-refractivity contribution in [1.29, 1.82) is 0 Å². The van der Waals surface area contributed by atoms with Gasteiger partial charge in [0.2, 0.25) is 5.91 Å². The Balaban J connectivity index is 1.65. The van der Waals surface area contributed by atoms with Gasteiger partial charge in [0, 0.05) is 34.2 Å². The molecule has 10 heteroatoms. The van der Waals surface area contributed by atoms with Gasteiger partial charge in [0.15, 0.2) is 0 Å². The Labute approximate surface area is 196 Å². The summed E-state index contributed by atoms with van der Waals surface area (Å²) in [6, 6.07) is 12.4. The first-order valence-corrected chi connectivity index (χ1v) is 11.0. The van der Waals surface area contributed by atoms with Crippen molar-refractivity contribution in [1.82, 2.24) is 10.6 Å². The maximum Gasteiger partial charge on any atom is 0.326 e. The molecule has 2 rings (SSSR count). The van der Waals surface area contributed by atoms with Crippen LogP contribution in [-0.4, -0.2) is 35.5 Å². The zero-order valence-corrected chi connectivity index (χ0v) is 18.8. The summed E-state index contributed by atoms with van der Waals surface area (Å²) in [5.74, 6) is -1.69. The third kappa shape index (κ3) is 9.64. The van der Waals surface area contributed by atoms with E-state index in [1.807, 2.05) is 24.3 Å². The summed E-state index contributed by atoms with van der Waals surface area (Å²) >= 11 is 5.85. The smallest absolute Gasteiger partial charge is 0.326 e. The third-order valence-electron chi connectivity index (χ3n) is 4.92. The number of aryl methyl sites for hydroxylation is 1. The van der Waals surface area contributed by atoms with Crippen LogP contribution >= 0.6 is 11.6 Å². The van der Waals surface area contributed by atoms with Gasteiger partial charge in [0.05, 0.1) is 0 Å². The molecule has 33 heavy (non-hydrogen) atoms. The Kier molecular flexibility index (Phi) is 10.7. The average Bonchev–Trinajstić information content (AvgIpc) is 2.80. The number of hydrogen-bond donors (Lipinski definition) is 3. The van der Waals surface area contributed by atoms with Gasteiger partial charge < -0.3 is 15.7 Å². The molecule has 0 unspecified atom stereocenters. The number of carboxylic acid groups (broad SMARTS) is 1. The van der Waals surface area contributed by atoms with Crippen molar-refractivity contribution in [3.63, 3.8) is 0 Å². The van der Waals surface area contributed by atoms with E-state index >= 15 is 0 Å². The molecule has 9 nitrogen and oxygen atoms in total. The Hall–Kier alpha value is -3.55. The molecular formula is C23H26ClN5O4. The maximum absolute atomic E-state index is 12.3. The first-order valence-electron chi connectivity index (χ1n) is 10.6. The molecule has 2 aromatic carbocycles. The second-order valence-corrected chi connectivity index (χ2v) is 7.86. The fraction of sp³-hybridized carbons (Fsp3) is 0.348. The third-order valence-corrected chi connectivity index (χ3v) is 5.17. The van der Waals surface area contributed by atoms with Gasteiger partial charge >= 0.3 is 5.97 Å². The second kappa shape index (κ2) is 13.8. The van der Waals surface area contributed by atoms with Crippen molar-refractivity contribution < 1.29 is 19.5 Å². The van der Waals surface area contributed by atoms with Crippen LogP contribution < -0.4 is 10.6 Å². The van der Waals surface area contributed by atoms with Crippen LogP contribution in [0.15, 0.2) is 53.6 Å². The van der Waals surface area contributed by atoms with Crippen LogP contribution in [0.2, 0.25) is 5.02 Å². The van der Waals surface area contributed by atoms with Crippen LogP contribution in [0.5, 0.6) is 0 Å². The molecule has 0 bridgehead atoms. The maximum atomic E-state index is 12.3. The number of benzene rings is 2. The zero-order valence-electron chi connectivity index (χ0n) is 18.0. The van der Waals surface area contributed by atoms with Crippen molar-refractivity contribution in [3.8, 4) is 0 Å². The highest BCUT2D eigenvalue weighted by Crippen LogP contribution is 2.14. The van der Waals surface area contributed by atoms with Crippen LogP contribution in [0.3, 0.4) is 0 Å². The van der Waals surface area contributed by atoms with Gasteiger partial charge in [-0.15, -0.1) is 0 Å². The van der Waals surface area contributed by atoms with E-state index in [1.165, 1.54) is 24.3 Å². The van der Waals surface area contributed by atoms with Gasteiger partial charge in [-0.25, -0.2) is 4.79 Å². The number of azide groups is 1. The lowest BCUT2D eigenvalue weighted by Gasteiger charge is -2.14. The van der Waals surface area contributed by atoms with E-state index < -0.39 is 17.9 Å². The number of carbonyl (C=O) groups excluding carboxylic acids is 2. The summed E-state index contributed by atoms with van der Waals surface area (Å²) in [7, 11) is 0. The number of nitrogens with one attached hydrogen (secondary N) is 2. The molecule has 2 aromatic rings. The van der Waals surface area contributed by atoms with Gasteiger partial charge in [0.1, 0.15) is 6.04 Å². The van der Waals surface area contributed by atoms with Crippen molar-refractivity contribution in [3.05, 3.63) is 75.1 Å². The first-order chi connectivity index (χ1) is 15.9.